The van der Waals surface area contributed by atoms with Crippen LogP contribution in [0.2, 0.25) is 0 Å². The lowest BCUT2D eigenvalue weighted by Gasteiger charge is -2.13. The molecule has 13 heavy (non-hydrogen) atoms. The lowest BCUT2D eigenvalue weighted by Crippen LogP contribution is -2.41. The van der Waals surface area contributed by atoms with Gasteiger partial charge in [-0.15, -0.1) is 0 Å². The van der Waals surface area contributed by atoms with Crippen LogP contribution in [0, 0.1) is 0 Å². The minimum atomic E-state index is -4.39. The Labute approximate surface area is 73.4 Å². The van der Waals surface area contributed by atoms with Gasteiger partial charge in [0.1, 0.15) is 6.04 Å². The highest BCUT2D eigenvalue weighted by Crippen LogP contribution is 2.13. The van der Waals surface area contributed by atoms with Gasteiger partial charge in [-0.3, -0.25) is 9.63 Å². The van der Waals surface area contributed by atoms with E-state index in [2.05, 4.69) is 10.2 Å². The number of halogens is 3. The molecule has 1 amide bonds. The van der Waals surface area contributed by atoms with Crippen LogP contribution in [0.25, 0.3) is 0 Å². The smallest absolute Gasteiger partial charge is 0.358 e. The van der Waals surface area contributed by atoms with Crippen molar-refractivity contribution >= 4 is 5.91 Å². The molecule has 4 nitrogen and oxygen atoms in total. The number of rotatable bonds is 4. The molecule has 2 N–H and O–H groups in total. The van der Waals surface area contributed by atoms with Gasteiger partial charge in [0, 0.05) is 7.05 Å². The molecule has 7 heteroatoms. The lowest BCUT2D eigenvalue weighted by molar-refractivity contribution is -0.193. The predicted octanol–water partition coefficient (Wildman–Crippen LogP) is 0.204. The maximum atomic E-state index is 11.5. The van der Waals surface area contributed by atoms with Gasteiger partial charge in [0.2, 0.25) is 5.91 Å². The van der Waals surface area contributed by atoms with E-state index >= 15 is 0 Å². The Morgan fingerprint density at radius 3 is 2.46 bits per heavy atom. The minimum absolute atomic E-state index is 0.442. The van der Waals surface area contributed by atoms with Gasteiger partial charge in [-0.25, -0.2) is 0 Å². The first-order valence-corrected chi connectivity index (χ1v) is 3.52. The minimum Gasteiger partial charge on any atom is -0.358 e. The first-order valence-electron chi connectivity index (χ1n) is 3.52. The monoisotopic (exact) mass is 200 g/mol. The van der Waals surface area contributed by atoms with Gasteiger partial charge in [-0.1, -0.05) is 0 Å². The Kier molecular flexibility index (Phi) is 4.71. The Hall–Kier alpha value is -0.820. The number of alkyl halides is 3. The van der Waals surface area contributed by atoms with Gasteiger partial charge < -0.3 is 5.32 Å². The van der Waals surface area contributed by atoms with Crippen LogP contribution < -0.4 is 10.8 Å². The summed E-state index contributed by atoms with van der Waals surface area (Å²) in [5, 5.41) is 2.25. The number of nitrogens with one attached hydrogen (secondary N) is 2. The van der Waals surface area contributed by atoms with E-state index < -0.39 is 24.7 Å². The van der Waals surface area contributed by atoms with Crippen molar-refractivity contribution in [2.45, 2.75) is 19.1 Å². The first-order chi connectivity index (χ1) is 5.87. The fraction of sp³-hybridized carbons (Fsp3) is 0.833. The Bertz CT molecular complexity index is 172. The third kappa shape index (κ3) is 6.35. The summed E-state index contributed by atoms with van der Waals surface area (Å²) in [7, 11) is 1.38. The number of hydroxylamine groups is 1. The molecule has 0 aliphatic heterocycles. The number of hydrogen-bond donors (Lipinski definition) is 2. The van der Waals surface area contributed by atoms with Crippen LogP contribution in [0.15, 0.2) is 0 Å². The third-order valence-electron chi connectivity index (χ3n) is 1.14. The van der Waals surface area contributed by atoms with Crippen molar-refractivity contribution in [3.05, 3.63) is 0 Å². The number of likely N-dealkylation sites (N-methyl/N-ethyl adjacent to an activating group) is 1. The van der Waals surface area contributed by atoms with Crippen LogP contribution in [0.5, 0.6) is 0 Å². The molecule has 0 radical (unpaired) electrons. The lowest BCUT2D eigenvalue weighted by atomic mass is 10.3. The van der Waals surface area contributed by atoms with Gasteiger partial charge >= 0.3 is 6.18 Å². The molecule has 1 unspecified atom stereocenters. The van der Waals surface area contributed by atoms with Gasteiger partial charge in [-0.2, -0.15) is 18.7 Å². The fourth-order valence-electron chi connectivity index (χ4n) is 0.519. The summed E-state index contributed by atoms with van der Waals surface area (Å²) in [6, 6.07) is -0.813. The normalized spacial score (nSPS) is 13.9. The summed E-state index contributed by atoms with van der Waals surface area (Å²) in [6.45, 7) is -0.0382. The molecular formula is C6H11F3N2O2. The SMILES string of the molecule is CNC(=O)C(C)NOCC(F)(F)F. The molecule has 0 fully saturated rings. The zero-order chi connectivity index (χ0) is 10.5. The van der Waals surface area contributed by atoms with E-state index in [1.54, 1.807) is 0 Å². The summed E-state index contributed by atoms with van der Waals surface area (Å²) in [4.78, 5) is 14.8. The second-order valence-electron chi connectivity index (χ2n) is 2.36. The zero-order valence-electron chi connectivity index (χ0n) is 7.23. The van der Waals surface area contributed by atoms with Crippen LogP contribution in [0.4, 0.5) is 13.2 Å². The van der Waals surface area contributed by atoms with Crippen molar-refractivity contribution in [2.24, 2.45) is 0 Å². The van der Waals surface area contributed by atoms with Gasteiger partial charge in [-0.05, 0) is 6.92 Å². The molecule has 0 aromatic rings. The quantitative estimate of drug-likeness (QED) is 0.637. The molecule has 0 aliphatic rings. The predicted molar refractivity (Wildman–Crippen MR) is 38.7 cm³/mol. The number of carbonyl (C=O) groups is 1. The first kappa shape index (κ1) is 12.2. The van der Waals surface area contributed by atoms with Crippen LogP contribution in [0.3, 0.4) is 0 Å². The van der Waals surface area contributed by atoms with E-state index in [4.69, 9.17) is 0 Å². The molecule has 0 saturated heterocycles. The molecule has 0 aromatic carbocycles. The standard InChI is InChI=1S/C6H11F3N2O2/c1-4(5(12)10-2)11-13-3-6(7,8)9/h4,11H,3H2,1-2H3,(H,10,12). The summed E-state index contributed by atoms with van der Waals surface area (Å²) < 4.78 is 34.6. The molecule has 0 spiro atoms. The maximum Gasteiger partial charge on any atom is 0.413 e. The van der Waals surface area contributed by atoms with Crippen molar-refractivity contribution in [1.29, 1.82) is 0 Å². The molecule has 0 bridgehead atoms. The number of hydrogen-bond acceptors (Lipinski definition) is 3. The molecule has 0 aliphatic carbocycles. The van der Waals surface area contributed by atoms with Crippen molar-refractivity contribution < 1.29 is 22.8 Å². The van der Waals surface area contributed by atoms with E-state index in [-0.39, 0.29) is 0 Å². The summed E-state index contributed by atoms with van der Waals surface area (Å²) >= 11 is 0. The Morgan fingerprint density at radius 2 is 2.08 bits per heavy atom. The second kappa shape index (κ2) is 5.03. The highest BCUT2D eigenvalue weighted by Gasteiger charge is 2.28. The van der Waals surface area contributed by atoms with E-state index in [0.717, 1.165) is 0 Å². The van der Waals surface area contributed by atoms with Crippen LogP contribution >= 0.6 is 0 Å². The van der Waals surface area contributed by atoms with Crippen molar-refractivity contribution in [3.63, 3.8) is 0 Å². The van der Waals surface area contributed by atoms with Crippen LogP contribution in [-0.4, -0.2) is 31.8 Å². The Morgan fingerprint density at radius 1 is 1.54 bits per heavy atom. The summed E-state index contributed by atoms with van der Waals surface area (Å²) in [5.41, 5.74) is 1.96. The Balaban J connectivity index is 3.59. The molecule has 78 valence electrons. The summed E-state index contributed by atoms with van der Waals surface area (Å²) in [6.07, 6.45) is -4.39. The molecule has 0 heterocycles. The highest BCUT2D eigenvalue weighted by atomic mass is 19.4. The summed E-state index contributed by atoms with van der Waals surface area (Å²) in [5.74, 6) is -0.442. The third-order valence-corrected chi connectivity index (χ3v) is 1.14. The molecule has 1 atom stereocenters. The van der Waals surface area contributed by atoms with Crippen molar-refractivity contribution in [1.82, 2.24) is 10.8 Å². The largest absolute Gasteiger partial charge is 0.413 e. The van der Waals surface area contributed by atoms with E-state index in [1.807, 2.05) is 5.48 Å². The average Bonchev–Trinajstić information content (AvgIpc) is 2.00. The number of amides is 1. The van der Waals surface area contributed by atoms with E-state index in [0.29, 0.717) is 0 Å². The number of carbonyl (C=O) groups excluding carboxylic acids is 1. The topological polar surface area (TPSA) is 50.4 Å². The van der Waals surface area contributed by atoms with E-state index in [9.17, 15) is 18.0 Å². The second-order valence-corrected chi connectivity index (χ2v) is 2.36. The fourth-order valence-corrected chi connectivity index (χ4v) is 0.519. The van der Waals surface area contributed by atoms with Crippen molar-refractivity contribution in [2.75, 3.05) is 13.7 Å². The molecule has 0 aromatic heterocycles. The maximum absolute atomic E-state index is 11.5. The van der Waals surface area contributed by atoms with E-state index in [1.165, 1.54) is 14.0 Å². The molecule has 0 saturated carbocycles. The highest BCUT2D eigenvalue weighted by molar-refractivity contribution is 5.80. The zero-order valence-corrected chi connectivity index (χ0v) is 7.23. The van der Waals surface area contributed by atoms with Crippen LogP contribution in [0.1, 0.15) is 6.92 Å². The average molecular weight is 200 g/mol. The van der Waals surface area contributed by atoms with Crippen molar-refractivity contribution in [3.8, 4) is 0 Å². The van der Waals surface area contributed by atoms with Gasteiger partial charge in [0.05, 0.1) is 0 Å². The molecular weight excluding hydrogens is 189 g/mol. The van der Waals surface area contributed by atoms with Gasteiger partial charge in [0.15, 0.2) is 6.61 Å². The van der Waals surface area contributed by atoms with Gasteiger partial charge in [0.25, 0.3) is 0 Å². The van der Waals surface area contributed by atoms with Crippen LogP contribution in [-0.2, 0) is 9.63 Å². The molecule has 0 rings (SSSR count).